The number of hydrogen-bond donors (Lipinski definition) is 1. The molecule has 0 aliphatic carbocycles. The molecule has 3 rings (SSSR count). The standard InChI is InChI=1S/C14H9ClN2O2S2/c15-8-1-4-10(5-2-8)20-12-6-3-9(19-12)7-11-13(18)17-14(16)21-11/h1-7H,(H2,16,17,18)/b11-7-. The Kier molecular flexibility index (Phi) is 4.10. The second kappa shape index (κ2) is 6.01. The number of amidine groups is 1. The molecule has 0 spiro atoms. The molecule has 4 nitrogen and oxygen atoms in total. The van der Waals surface area contributed by atoms with Gasteiger partial charge in [-0.2, -0.15) is 4.99 Å². The van der Waals surface area contributed by atoms with Crippen LogP contribution < -0.4 is 5.73 Å². The van der Waals surface area contributed by atoms with Gasteiger partial charge in [-0.15, -0.1) is 0 Å². The fraction of sp³-hybridized carbons (Fsp3) is 0. The van der Waals surface area contributed by atoms with Gasteiger partial charge in [-0.05, 0) is 48.2 Å². The van der Waals surface area contributed by atoms with Gasteiger partial charge in [-0.3, -0.25) is 4.79 Å². The van der Waals surface area contributed by atoms with Crippen LogP contribution in [0, 0.1) is 0 Å². The van der Waals surface area contributed by atoms with Crippen molar-refractivity contribution in [1.82, 2.24) is 0 Å². The molecule has 0 saturated heterocycles. The van der Waals surface area contributed by atoms with Crippen molar-refractivity contribution < 1.29 is 9.21 Å². The quantitative estimate of drug-likeness (QED) is 0.857. The lowest BCUT2D eigenvalue weighted by molar-refractivity contribution is -0.113. The third kappa shape index (κ3) is 3.53. The van der Waals surface area contributed by atoms with E-state index in [9.17, 15) is 4.79 Å². The number of rotatable bonds is 3. The van der Waals surface area contributed by atoms with Gasteiger partial charge in [0.25, 0.3) is 5.91 Å². The van der Waals surface area contributed by atoms with E-state index >= 15 is 0 Å². The van der Waals surface area contributed by atoms with Gasteiger partial charge in [-0.1, -0.05) is 23.4 Å². The van der Waals surface area contributed by atoms with Crippen LogP contribution >= 0.6 is 35.1 Å². The zero-order valence-electron chi connectivity index (χ0n) is 10.6. The van der Waals surface area contributed by atoms with E-state index in [0.717, 1.165) is 21.7 Å². The van der Waals surface area contributed by atoms with Crippen molar-refractivity contribution in [3.63, 3.8) is 0 Å². The van der Waals surface area contributed by atoms with Crippen LogP contribution in [-0.2, 0) is 4.79 Å². The van der Waals surface area contributed by atoms with Crippen molar-refractivity contribution in [2.24, 2.45) is 10.7 Å². The summed E-state index contributed by atoms with van der Waals surface area (Å²) in [6.45, 7) is 0. The van der Waals surface area contributed by atoms with E-state index < -0.39 is 0 Å². The fourth-order valence-electron chi connectivity index (χ4n) is 1.64. The molecule has 1 aromatic heterocycles. The first-order valence-corrected chi connectivity index (χ1v) is 7.92. The van der Waals surface area contributed by atoms with E-state index in [4.69, 9.17) is 21.8 Å². The highest BCUT2D eigenvalue weighted by molar-refractivity contribution is 8.18. The highest BCUT2D eigenvalue weighted by atomic mass is 35.5. The number of aliphatic imine (C=N–C) groups is 1. The second-order valence-corrected chi connectivity index (χ2v) is 6.66. The number of carbonyl (C=O) groups excluding carboxylic acids is 1. The van der Waals surface area contributed by atoms with Crippen molar-refractivity contribution in [3.05, 3.63) is 52.1 Å². The lowest BCUT2D eigenvalue weighted by Gasteiger charge is -1.97. The maximum absolute atomic E-state index is 11.5. The van der Waals surface area contributed by atoms with Crippen LogP contribution in [0.2, 0.25) is 5.02 Å². The second-order valence-electron chi connectivity index (χ2n) is 4.08. The Hall–Kier alpha value is -1.63. The van der Waals surface area contributed by atoms with Crippen LogP contribution in [0.1, 0.15) is 5.76 Å². The summed E-state index contributed by atoms with van der Waals surface area (Å²) in [5.74, 6) is 0.257. The van der Waals surface area contributed by atoms with Crippen molar-refractivity contribution in [2.75, 3.05) is 0 Å². The van der Waals surface area contributed by atoms with Gasteiger partial charge in [0.15, 0.2) is 10.3 Å². The van der Waals surface area contributed by atoms with E-state index in [1.165, 1.54) is 11.8 Å². The number of furan rings is 1. The van der Waals surface area contributed by atoms with Gasteiger partial charge in [0.1, 0.15) is 5.76 Å². The molecule has 2 heterocycles. The summed E-state index contributed by atoms with van der Waals surface area (Å²) in [4.78, 5) is 16.6. The minimum absolute atomic E-state index is 0.258. The highest BCUT2D eigenvalue weighted by Crippen LogP contribution is 2.32. The molecule has 0 fully saturated rings. The largest absolute Gasteiger partial charge is 0.450 e. The van der Waals surface area contributed by atoms with Gasteiger partial charge >= 0.3 is 0 Å². The maximum atomic E-state index is 11.5. The van der Waals surface area contributed by atoms with Gasteiger partial charge in [0.05, 0.1) is 4.91 Å². The molecule has 1 aliphatic heterocycles. The number of nitrogens with zero attached hydrogens (tertiary/aromatic N) is 1. The zero-order chi connectivity index (χ0) is 14.8. The monoisotopic (exact) mass is 336 g/mol. The molecule has 21 heavy (non-hydrogen) atoms. The third-order valence-corrected chi connectivity index (χ3v) is 4.54. The minimum atomic E-state index is -0.333. The summed E-state index contributed by atoms with van der Waals surface area (Å²) >= 11 is 8.46. The predicted molar refractivity (Wildman–Crippen MR) is 86.5 cm³/mol. The topological polar surface area (TPSA) is 68.6 Å². The first kappa shape index (κ1) is 14.3. The molecule has 0 radical (unpaired) electrons. The van der Waals surface area contributed by atoms with Crippen molar-refractivity contribution in [2.45, 2.75) is 9.99 Å². The first-order valence-electron chi connectivity index (χ1n) is 5.91. The number of halogens is 1. The Balaban J connectivity index is 1.74. The smallest absolute Gasteiger partial charge is 0.286 e. The Bertz CT molecular complexity index is 751. The molecule has 1 aliphatic rings. The molecule has 1 aromatic carbocycles. The first-order chi connectivity index (χ1) is 10.1. The van der Waals surface area contributed by atoms with Gasteiger partial charge in [0, 0.05) is 16.0 Å². The molecule has 106 valence electrons. The Labute approximate surface area is 134 Å². The van der Waals surface area contributed by atoms with Gasteiger partial charge < -0.3 is 10.2 Å². The summed E-state index contributed by atoms with van der Waals surface area (Å²) < 4.78 is 5.66. The molecule has 0 unspecified atom stereocenters. The number of nitrogens with two attached hydrogens (primary N) is 1. The number of hydrogen-bond acceptors (Lipinski definition) is 5. The Morgan fingerprint density at radius 3 is 2.67 bits per heavy atom. The van der Waals surface area contributed by atoms with Crippen LogP contribution in [0.3, 0.4) is 0 Å². The molecular weight excluding hydrogens is 328 g/mol. The number of carbonyl (C=O) groups is 1. The lowest BCUT2D eigenvalue weighted by atomic mass is 10.4. The van der Waals surface area contributed by atoms with E-state index in [1.807, 2.05) is 30.3 Å². The fourth-order valence-corrected chi connectivity index (χ4v) is 3.21. The van der Waals surface area contributed by atoms with Crippen LogP contribution in [0.15, 0.2) is 60.7 Å². The summed E-state index contributed by atoms with van der Waals surface area (Å²) in [5, 5.41) is 1.68. The number of benzene rings is 1. The van der Waals surface area contributed by atoms with Crippen LogP contribution in [0.5, 0.6) is 0 Å². The summed E-state index contributed by atoms with van der Waals surface area (Å²) in [5.41, 5.74) is 5.49. The van der Waals surface area contributed by atoms with E-state index in [0.29, 0.717) is 15.7 Å². The third-order valence-electron chi connectivity index (χ3n) is 2.54. The highest BCUT2D eigenvalue weighted by Gasteiger charge is 2.20. The van der Waals surface area contributed by atoms with Crippen molar-refractivity contribution in [3.8, 4) is 0 Å². The Morgan fingerprint density at radius 1 is 1.24 bits per heavy atom. The maximum Gasteiger partial charge on any atom is 0.286 e. The molecule has 1 amide bonds. The predicted octanol–water partition coefficient (Wildman–Crippen LogP) is 4.01. The Morgan fingerprint density at radius 2 is 2.00 bits per heavy atom. The van der Waals surface area contributed by atoms with Crippen LogP contribution in [0.25, 0.3) is 6.08 Å². The van der Waals surface area contributed by atoms with E-state index in [-0.39, 0.29) is 11.1 Å². The molecule has 0 saturated carbocycles. The number of amides is 1. The summed E-state index contributed by atoms with van der Waals surface area (Å²) in [6.07, 6.45) is 1.64. The average molecular weight is 337 g/mol. The van der Waals surface area contributed by atoms with Crippen molar-refractivity contribution >= 4 is 52.3 Å². The molecule has 0 atom stereocenters. The molecular formula is C14H9ClN2O2S2. The normalized spacial score (nSPS) is 16.5. The van der Waals surface area contributed by atoms with Crippen molar-refractivity contribution in [1.29, 1.82) is 0 Å². The minimum Gasteiger partial charge on any atom is -0.450 e. The summed E-state index contributed by atoms with van der Waals surface area (Å²) in [7, 11) is 0. The van der Waals surface area contributed by atoms with Gasteiger partial charge in [-0.25, -0.2) is 0 Å². The zero-order valence-corrected chi connectivity index (χ0v) is 13.0. The number of thioether (sulfide) groups is 1. The van der Waals surface area contributed by atoms with Crippen LogP contribution in [-0.4, -0.2) is 11.1 Å². The van der Waals surface area contributed by atoms with Crippen LogP contribution in [0.4, 0.5) is 0 Å². The lowest BCUT2D eigenvalue weighted by Crippen LogP contribution is -2.01. The van der Waals surface area contributed by atoms with Gasteiger partial charge in [0.2, 0.25) is 0 Å². The summed E-state index contributed by atoms with van der Waals surface area (Å²) in [6, 6.07) is 11.1. The SMILES string of the molecule is NC1=NC(=O)/C(=C/c2ccc(Sc3ccc(Cl)cc3)o2)S1. The van der Waals surface area contributed by atoms with E-state index in [1.54, 1.807) is 12.1 Å². The van der Waals surface area contributed by atoms with E-state index in [2.05, 4.69) is 4.99 Å². The molecule has 0 bridgehead atoms. The molecule has 2 N–H and O–H groups in total. The molecule has 7 heteroatoms. The average Bonchev–Trinajstić information content (AvgIpc) is 3.00. The molecule has 2 aromatic rings.